The van der Waals surface area contributed by atoms with Crippen LogP contribution in [0.25, 0.3) is 0 Å². The molecule has 0 nitrogen and oxygen atoms in total. The Morgan fingerprint density at radius 2 is 1.60 bits per heavy atom. The van der Waals surface area contributed by atoms with Gasteiger partial charge in [-0.15, -0.1) is 24.8 Å². The van der Waals surface area contributed by atoms with E-state index in [1.54, 1.807) is 5.57 Å². The molecule has 0 atom stereocenters. The van der Waals surface area contributed by atoms with Gasteiger partial charge in [0.05, 0.1) is 0 Å². The summed E-state index contributed by atoms with van der Waals surface area (Å²) in [6, 6.07) is 0. The summed E-state index contributed by atoms with van der Waals surface area (Å²) in [7, 11) is 0. The van der Waals surface area contributed by atoms with Crippen LogP contribution in [0, 0.1) is 0 Å². The summed E-state index contributed by atoms with van der Waals surface area (Å²) in [5.41, 5.74) is 1.63. The molecule has 1 rings (SSSR count). The van der Waals surface area contributed by atoms with Crippen molar-refractivity contribution < 1.29 is 14.0 Å². The minimum atomic E-state index is -2.46. The summed E-state index contributed by atoms with van der Waals surface area (Å²) in [4.78, 5) is 0. The third kappa shape index (κ3) is 9.69. The first-order valence-corrected chi connectivity index (χ1v) is 14.3. The molecule has 0 aromatic carbocycles. The fourth-order valence-corrected chi connectivity index (χ4v) is 3.92. The number of rotatable bonds is 3. The van der Waals surface area contributed by atoms with Crippen LogP contribution < -0.4 is 0 Å². The molecular weight excluding hydrogens is 263 g/mol. The van der Waals surface area contributed by atoms with E-state index in [-0.39, 0.29) is 24.8 Å². The summed E-state index contributed by atoms with van der Waals surface area (Å²) in [5.74, 6) is 0. The molecule has 0 spiro atoms. The minimum absolute atomic E-state index is 0. The Hall–Kier alpha value is 0.774. The van der Waals surface area contributed by atoms with Crippen molar-refractivity contribution in [2.75, 3.05) is 0 Å². The number of allylic oxidation sites excluding steroid dienone is 4. The zero-order valence-corrected chi connectivity index (χ0v) is 13.9. The van der Waals surface area contributed by atoms with Gasteiger partial charge in [-0.05, 0) is 0 Å². The molecule has 0 aromatic heterocycles. The predicted octanol–water partition coefficient (Wildman–Crippen LogP) is 5.99. The normalized spacial score (nSPS) is 19.4. The molecular formula is C12H26Cl2Ti. The SMILES string of the molecule is Cl.Cl.[CH3][Ti]([CH3])([CH3])([CH3])([CH3])[CH2]CC1=CC=CC1. The Morgan fingerprint density at radius 1 is 1.07 bits per heavy atom. The van der Waals surface area contributed by atoms with Crippen LogP contribution in [0.3, 0.4) is 0 Å². The Morgan fingerprint density at radius 3 is 1.93 bits per heavy atom. The standard InChI is InChI=1S/C7H9.5CH3.2ClH.Ti/c1-2-7-5-3-4-6-7;;;;;;;;/h3-5H,1-2,6H2;5*1H3;2*1H;. The Labute approximate surface area is 106 Å². The van der Waals surface area contributed by atoms with E-state index in [9.17, 15) is 0 Å². The van der Waals surface area contributed by atoms with E-state index >= 15 is 0 Å². The zero-order valence-electron chi connectivity index (χ0n) is 10.7. The molecule has 0 amide bonds. The molecule has 0 saturated carbocycles. The molecule has 0 bridgehead atoms. The van der Waals surface area contributed by atoms with Crippen LogP contribution in [-0.2, 0) is 14.0 Å². The van der Waals surface area contributed by atoms with E-state index in [0.717, 1.165) is 0 Å². The zero-order chi connectivity index (χ0) is 10.2. The maximum atomic E-state index is 2.53. The number of hydrogen-bond donors (Lipinski definition) is 0. The van der Waals surface area contributed by atoms with E-state index in [2.05, 4.69) is 44.4 Å². The van der Waals surface area contributed by atoms with E-state index in [1.807, 2.05) is 0 Å². The van der Waals surface area contributed by atoms with Crippen LogP contribution in [0.4, 0.5) is 0 Å². The van der Waals surface area contributed by atoms with Gasteiger partial charge in [0.15, 0.2) is 0 Å². The van der Waals surface area contributed by atoms with Gasteiger partial charge in [-0.3, -0.25) is 0 Å². The fraction of sp³-hybridized carbons (Fsp3) is 0.667. The van der Waals surface area contributed by atoms with Crippen molar-refractivity contribution in [2.24, 2.45) is 0 Å². The van der Waals surface area contributed by atoms with Gasteiger partial charge in [0.2, 0.25) is 0 Å². The summed E-state index contributed by atoms with van der Waals surface area (Å²) in [6.07, 6.45) is 9.26. The Bertz CT molecular complexity index is 266. The van der Waals surface area contributed by atoms with Crippen LogP contribution in [0.5, 0.6) is 0 Å². The van der Waals surface area contributed by atoms with Crippen LogP contribution in [-0.4, -0.2) is 0 Å². The second-order valence-electron chi connectivity index (χ2n) is 8.72. The molecule has 92 valence electrons. The average Bonchev–Trinajstić information content (AvgIpc) is 2.29. The first kappa shape index (κ1) is 18.1. The number of hydrogen-bond acceptors (Lipinski definition) is 0. The van der Waals surface area contributed by atoms with Crippen LogP contribution in [0.15, 0.2) is 23.8 Å². The van der Waals surface area contributed by atoms with Crippen molar-refractivity contribution in [3.63, 3.8) is 0 Å². The second kappa shape index (κ2) is 4.57. The van der Waals surface area contributed by atoms with Crippen molar-refractivity contribution in [2.45, 2.75) is 43.7 Å². The summed E-state index contributed by atoms with van der Waals surface area (Å²) < 4.78 is 1.42. The Kier molecular flexibility index (Phi) is 5.53. The van der Waals surface area contributed by atoms with Crippen molar-refractivity contribution in [1.82, 2.24) is 0 Å². The molecule has 0 saturated heterocycles. The first-order valence-electron chi connectivity index (χ1n) is 5.42. The van der Waals surface area contributed by atoms with E-state index in [4.69, 9.17) is 0 Å². The molecule has 0 aromatic rings. The molecule has 15 heavy (non-hydrogen) atoms. The van der Waals surface area contributed by atoms with Gasteiger partial charge in [0.25, 0.3) is 0 Å². The Balaban J connectivity index is 0. The molecule has 0 heterocycles. The average molecular weight is 289 g/mol. The van der Waals surface area contributed by atoms with Gasteiger partial charge >= 0.3 is 81.5 Å². The van der Waals surface area contributed by atoms with Gasteiger partial charge < -0.3 is 0 Å². The van der Waals surface area contributed by atoms with Crippen LogP contribution >= 0.6 is 24.8 Å². The van der Waals surface area contributed by atoms with Gasteiger partial charge in [-0.2, -0.15) is 0 Å². The molecule has 0 radical (unpaired) electrons. The molecule has 0 unspecified atom stereocenters. The van der Waals surface area contributed by atoms with Crippen molar-refractivity contribution in [3.05, 3.63) is 23.8 Å². The van der Waals surface area contributed by atoms with Crippen molar-refractivity contribution in [1.29, 1.82) is 0 Å². The van der Waals surface area contributed by atoms with Crippen LogP contribution in [0.1, 0.15) is 12.8 Å². The van der Waals surface area contributed by atoms with Crippen molar-refractivity contribution in [3.8, 4) is 0 Å². The first-order chi connectivity index (χ1) is 5.55. The fourth-order valence-electron chi connectivity index (χ4n) is 1.46. The van der Waals surface area contributed by atoms with Gasteiger partial charge in [0, 0.05) is 0 Å². The third-order valence-electron chi connectivity index (χ3n) is 2.54. The molecule has 0 fully saturated rings. The molecule has 1 aliphatic carbocycles. The van der Waals surface area contributed by atoms with Gasteiger partial charge in [-0.1, -0.05) is 0 Å². The summed E-state index contributed by atoms with van der Waals surface area (Å²) in [5, 5.41) is 12.7. The number of halogens is 2. The van der Waals surface area contributed by atoms with E-state index < -0.39 is 14.0 Å². The molecule has 3 heteroatoms. The molecule has 0 N–H and O–H groups in total. The van der Waals surface area contributed by atoms with E-state index in [1.165, 1.54) is 17.6 Å². The summed E-state index contributed by atoms with van der Waals surface area (Å²) >= 11 is -2.46. The van der Waals surface area contributed by atoms with Gasteiger partial charge in [-0.25, -0.2) is 0 Å². The third-order valence-corrected chi connectivity index (χ3v) is 6.84. The predicted molar refractivity (Wildman–Crippen MR) is 75.1 cm³/mol. The monoisotopic (exact) mass is 288 g/mol. The quantitative estimate of drug-likeness (QED) is 0.560. The molecule has 0 aliphatic heterocycles. The summed E-state index contributed by atoms with van der Waals surface area (Å²) in [6.45, 7) is 0. The second-order valence-corrected chi connectivity index (χ2v) is 30.6. The maximum absolute atomic E-state index is 2.53. The topological polar surface area (TPSA) is 0 Å². The van der Waals surface area contributed by atoms with Gasteiger partial charge in [0.1, 0.15) is 0 Å². The van der Waals surface area contributed by atoms with E-state index in [0.29, 0.717) is 0 Å². The van der Waals surface area contributed by atoms with Crippen LogP contribution in [0.2, 0.25) is 30.9 Å². The molecule has 1 aliphatic rings. The van der Waals surface area contributed by atoms with Crippen molar-refractivity contribution >= 4 is 24.8 Å².